The van der Waals surface area contributed by atoms with E-state index in [1.807, 2.05) is 12.1 Å². The highest BCUT2D eigenvalue weighted by Gasteiger charge is 2.29. The molecule has 3 nitrogen and oxygen atoms in total. The second-order valence-corrected chi connectivity index (χ2v) is 6.09. The number of esters is 1. The van der Waals surface area contributed by atoms with Crippen molar-refractivity contribution in [1.82, 2.24) is 4.90 Å². The largest absolute Gasteiger partial charge is 0.461 e. The van der Waals surface area contributed by atoms with E-state index in [1.165, 1.54) is 18.1 Å². The lowest BCUT2D eigenvalue weighted by Gasteiger charge is -2.38. The SMILES string of the molecule is CC(=O)OC1CCCN(C(c2ccccc2)c2ccccc2)C1. The molecule has 2 aromatic rings. The monoisotopic (exact) mass is 309 g/mol. The Labute approximate surface area is 137 Å². The van der Waals surface area contributed by atoms with Crippen molar-refractivity contribution in [2.45, 2.75) is 31.9 Å². The predicted octanol–water partition coefficient (Wildman–Crippen LogP) is 3.80. The molecule has 0 aromatic heterocycles. The summed E-state index contributed by atoms with van der Waals surface area (Å²) in [5, 5.41) is 0. The van der Waals surface area contributed by atoms with Crippen LogP contribution in [0.2, 0.25) is 0 Å². The van der Waals surface area contributed by atoms with E-state index < -0.39 is 0 Å². The van der Waals surface area contributed by atoms with Gasteiger partial charge in [-0.25, -0.2) is 0 Å². The zero-order valence-electron chi connectivity index (χ0n) is 13.5. The van der Waals surface area contributed by atoms with Gasteiger partial charge in [0.2, 0.25) is 0 Å². The first-order chi connectivity index (χ1) is 11.2. The van der Waals surface area contributed by atoms with Gasteiger partial charge in [-0.15, -0.1) is 0 Å². The van der Waals surface area contributed by atoms with E-state index in [-0.39, 0.29) is 18.1 Å². The Kier molecular flexibility index (Phi) is 5.09. The third-order valence-electron chi connectivity index (χ3n) is 4.34. The molecule has 3 rings (SSSR count). The molecule has 0 aliphatic carbocycles. The van der Waals surface area contributed by atoms with Gasteiger partial charge in [-0.2, -0.15) is 0 Å². The average Bonchev–Trinajstić information content (AvgIpc) is 2.57. The number of rotatable bonds is 4. The van der Waals surface area contributed by atoms with E-state index in [4.69, 9.17) is 4.74 Å². The normalized spacial score (nSPS) is 18.8. The standard InChI is InChI=1S/C20H23NO2/c1-16(22)23-19-13-8-14-21(15-19)20(17-9-4-2-5-10-17)18-11-6-3-7-12-18/h2-7,9-12,19-20H,8,13-15H2,1H3. The molecule has 0 N–H and O–H groups in total. The summed E-state index contributed by atoms with van der Waals surface area (Å²) in [5.41, 5.74) is 2.56. The molecule has 23 heavy (non-hydrogen) atoms. The Morgan fingerprint density at radius 2 is 1.61 bits per heavy atom. The molecule has 1 heterocycles. The van der Waals surface area contributed by atoms with E-state index in [0.29, 0.717) is 0 Å². The molecule has 0 spiro atoms. The van der Waals surface area contributed by atoms with Crippen molar-refractivity contribution in [1.29, 1.82) is 0 Å². The lowest BCUT2D eigenvalue weighted by molar-refractivity contribution is -0.149. The minimum atomic E-state index is -0.187. The molecule has 1 saturated heterocycles. The number of piperidine rings is 1. The van der Waals surface area contributed by atoms with Crippen LogP contribution in [0, 0.1) is 0 Å². The molecular formula is C20H23NO2. The van der Waals surface area contributed by atoms with Gasteiger partial charge in [0.25, 0.3) is 0 Å². The number of benzene rings is 2. The molecule has 0 amide bonds. The van der Waals surface area contributed by atoms with Gasteiger partial charge in [0.15, 0.2) is 0 Å². The number of hydrogen-bond donors (Lipinski definition) is 0. The Morgan fingerprint density at radius 3 is 2.13 bits per heavy atom. The summed E-state index contributed by atoms with van der Waals surface area (Å²) in [6, 6.07) is 21.3. The van der Waals surface area contributed by atoms with Crippen LogP contribution in [0.25, 0.3) is 0 Å². The van der Waals surface area contributed by atoms with Crippen LogP contribution in [0.1, 0.15) is 36.9 Å². The van der Waals surface area contributed by atoms with Crippen LogP contribution in [0.15, 0.2) is 60.7 Å². The third-order valence-corrected chi connectivity index (χ3v) is 4.34. The highest BCUT2D eigenvalue weighted by molar-refractivity contribution is 5.66. The van der Waals surface area contributed by atoms with Gasteiger partial charge in [-0.1, -0.05) is 60.7 Å². The van der Waals surface area contributed by atoms with Crippen LogP contribution in [0.3, 0.4) is 0 Å². The van der Waals surface area contributed by atoms with Gasteiger partial charge >= 0.3 is 5.97 Å². The fourth-order valence-electron chi connectivity index (χ4n) is 3.42. The summed E-state index contributed by atoms with van der Waals surface area (Å²) in [7, 11) is 0. The van der Waals surface area contributed by atoms with Crippen LogP contribution in [0.4, 0.5) is 0 Å². The van der Waals surface area contributed by atoms with Crippen LogP contribution in [-0.4, -0.2) is 30.1 Å². The minimum absolute atomic E-state index is 0.00354. The summed E-state index contributed by atoms with van der Waals surface area (Å²) in [6.45, 7) is 3.30. The lowest BCUT2D eigenvalue weighted by atomic mass is 9.94. The summed E-state index contributed by atoms with van der Waals surface area (Å²) in [6.07, 6.45) is 2.00. The Bertz CT molecular complexity index is 587. The molecule has 120 valence electrons. The van der Waals surface area contributed by atoms with Crippen molar-refractivity contribution in [3.8, 4) is 0 Å². The number of nitrogens with zero attached hydrogens (tertiary/aromatic N) is 1. The first-order valence-electron chi connectivity index (χ1n) is 8.25. The van der Waals surface area contributed by atoms with Gasteiger partial charge in [0.05, 0.1) is 6.04 Å². The van der Waals surface area contributed by atoms with E-state index in [0.717, 1.165) is 25.9 Å². The molecule has 1 atom stereocenters. The van der Waals surface area contributed by atoms with Crippen LogP contribution >= 0.6 is 0 Å². The molecule has 1 aliphatic heterocycles. The number of carbonyl (C=O) groups excluding carboxylic acids is 1. The second kappa shape index (κ2) is 7.42. The summed E-state index contributed by atoms with van der Waals surface area (Å²) in [5.74, 6) is -0.187. The lowest BCUT2D eigenvalue weighted by Crippen LogP contribution is -2.42. The van der Waals surface area contributed by atoms with E-state index in [1.54, 1.807) is 0 Å². The third kappa shape index (κ3) is 3.99. The van der Waals surface area contributed by atoms with Crippen LogP contribution < -0.4 is 0 Å². The van der Waals surface area contributed by atoms with Crippen molar-refractivity contribution < 1.29 is 9.53 Å². The topological polar surface area (TPSA) is 29.5 Å². The molecule has 3 heteroatoms. The number of carbonyl (C=O) groups is 1. The van der Waals surface area contributed by atoms with E-state index >= 15 is 0 Å². The number of likely N-dealkylation sites (tertiary alicyclic amines) is 1. The average molecular weight is 309 g/mol. The van der Waals surface area contributed by atoms with Gasteiger partial charge in [-0.3, -0.25) is 9.69 Å². The zero-order chi connectivity index (χ0) is 16.1. The zero-order valence-corrected chi connectivity index (χ0v) is 13.5. The first kappa shape index (κ1) is 15.8. The Balaban J connectivity index is 1.88. The molecule has 1 fully saturated rings. The molecule has 1 unspecified atom stereocenters. The fraction of sp³-hybridized carbons (Fsp3) is 0.350. The molecule has 1 aliphatic rings. The van der Waals surface area contributed by atoms with Crippen molar-refractivity contribution >= 4 is 5.97 Å². The number of ether oxygens (including phenoxy) is 1. The van der Waals surface area contributed by atoms with Gasteiger partial charge < -0.3 is 4.74 Å². The molecule has 0 bridgehead atoms. The van der Waals surface area contributed by atoms with Gasteiger partial charge in [-0.05, 0) is 30.5 Å². The smallest absolute Gasteiger partial charge is 0.302 e. The van der Waals surface area contributed by atoms with Crippen LogP contribution in [0.5, 0.6) is 0 Å². The predicted molar refractivity (Wildman–Crippen MR) is 91.1 cm³/mol. The maximum Gasteiger partial charge on any atom is 0.302 e. The van der Waals surface area contributed by atoms with Crippen molar-refractivity contribution in [3.63, 3.8) is 0 Å². The maximum absolute atomic E-state index is 11.3. The van der Waals surface area contributed by atoms with Crippen molar-refractivity contribution in [2.24, 2.45) is 0 Å². The summed E-state index contributed by atoms with van der Waals surface area (Å²) >= 11 is 0. The maximum atomic E-state index is 11.3. The second-order valence-electron chi connectivity index (χ2n) is 6.09. The van der Waals surface area contributed by atoms with Gasteiger partial charge in [0.1, 0.15) is 6.10 Å². The molecular weight excluding hydrogens is 286 g/mol. The Hall–Kier alpha value is -2.13. The van der Waals surface area contributed by atoms with Crippen molar-refractivity contribution in [3.05, 3.63) is 71.8 Å². The van der Waals surface area contributed by atoms with Crippen LogP contribution in [-0.2, 0) is 9.53 Å². The minimum Gasteiger partial charge on any atom is -0.461 e. The van der Waals surface area contributed by atoms with Gasteiger partial charge in [0, 0.05) is 13.5 Å². The highest BCUT2D eigenvalue weighted by Crippen LogP contribution is 2.31. The summed E-state index contributed by atoms with van der Waals surface area (Å²) < 4.78 is 5.46. The number of hydrogen-bond acceptors (Lipinski definition) is 3. The van der Waals surface area contributed by atoms with E-state index in [2.05, 4.69) is 53.4 Å². The molecule has 0 saturated carbocycles. The quantitative estimate of drug-likeness (QED) is 0.805. The fourth-order valence-corrected chi connectivity index (χ4v) is 3.42. The highest BCUT2D eigenvalue weighted by atomic mass is 16.5. The first-order valence-corrected chi connectivity index (χ1v) is 8.25. The molecule has 0 radical (unpaired) electrons. The van der Waals surface area contributed by atoms with Crippen molar-refractivity contribution in [2.75, 3.05) is 13.1 Å². The Morgan fingerprint density at radius 1 is 1.04 bits per heavy atom. The summed E-state index contributed by atoms with van der Waals surface area (Å²) in [4.78, 5) is 13.7. The van der Waals surface area contributed by atoms with E-state index in [9.17, 15) is 4.79 Å². The molecule has 2 aromatic carbocycles.